The first-order valence-corrected chi connectivity index (χ1v) is 11.5. The molecule has 1 aliphatic heterocycles. The van der Waals surface area contributed by atoms with E-state index in [1.54, 1.807) is 49.5 Å². The molecule has 0 bridgehead atoms. The lowest BCUT2D eigenvalue weighted by atomic mass is 9.99. The number of hydrogen-bond acceptors (Lipinski definition) is 6. The molecule has 0 atom stereocenters. The maximum atomic E-state index is 13.1. The maximum absolute atomic E-state index is 13.1. The number of methoxy groups -OCH3 is 1. The number of carbonyl (C=O) groups is 4. The highest BCUT2D eigenvalue weighted by Gasteiger charge is 2.29. The molecule has 0 aromatic heterocycles. The highest BCUT2D eigenvalue weighted by atomic mass is 16.5. The van der Waals surface area contributed by atoms with Gasteiger partial charge in [-0.25, -0.2) is 4.79 Å². The second-order valence-electron chi connectivity index (χ2n) is 8.36. The van der Waals surface area contributed by atoms with Gasteiger partial charge in [0.05, 0.1) is 36.2 Å². The quantitative estimate of drug-likeness (QED) is 0.339. The van der Waals surface area contributed by atoms with Crippen LogP contribution in [0.3, 0.4) is 0 Å². The number of carbonyl (C=O) groups excluding carboxylic acids is 4. The number of esters is 1. The van der Waals surface area contributed by atoms with Gasteiger partial charge in [0.25, 0.3) is 5.91 Å². The van der Waals surface area contributed by atoms with Crippen LogP contribution in [0.25, 0.3) is 11.3 Å². The molecule has 0 unspecified atom stereocenters. The number of fused-ring (bicyclic) bond motifs is 1. The molecule has 9 heteroatoms. The summed E-state index contributed by atoms with van der Waals surface area (Å²) in [6, 6.07) is 21.5. The predicted molar refractivity (Wildman–Crippen MR) is 142 cm³/mol. The zero-order valence-corrected chi connectivity index (χ0v) is 20.6. The number of nitrogens with one attached hydrogen (secondary N) is 3. The average molecular weight is 499 g/mol. The van der Waals surface area contributed by atoms with E-state index in [-0.39, 0.29) is 24.3 Å². The van der Waals surface area contributed by atoms with Gasteiger partial charge in [-0.05, 0) is 42.0 Å². The lowest BCUT2D eigenvalue weighted by Gasteiger charge is -2.19. The number of rotatable bonds is 7. The van der Waals surface area contributed by atoms with Crippen molar-refractivity contribution in [2.75, 3.05) is 36.2 Å². The van der Waals surface area contributed by atoms with Gasteiger partial charge in [0.2, 0.25) is 11.8 Å². The van der Waals surface area contributed by atoms with Crippen molar-refractivity contribution < 1.29 is 23.9 Å². The van der Waals surface area contributed by atoms with E-state index in [1.807, 2.05) is 30.3 Å². The van der Waals surface area contributed by atoms with Gasteiger partial charge in [0.15, 0.2) is 0 Å². The van der Waals surface area contributed by atoms with Crippen LogP contribution in [0.5, 0.6) is 0 Å². The molecule has 3 N–H and O–H groups in total. The van der Waals surface area contributed by atoms with E-state index in [9.17, 15) is 19.2 Å². The molecule has 37 heavy (non-hydrogen) atoms. The minimum atomic E-state index is -0.489. The maximum Gasteiger partial charge on any atom is 0.337 e. The summed E-state index contributed by atoms with van der Waals surface area (Å²) in [6.45, 7) is 1.26. The van der Waals surface area contributed by atoms with Crippen LogP contribution in [0.4, 0.5) is 17.1 Å². The first-order valence-electron chi connectivity index (χ1n) is 11.5. The Balaban J connectivity index is 1.68. The largest absolute Gasteiger partial charge is 0.465 e. The molecular weight excluding hydrogens is 472 g/mol. The average Bonchev–Trinajstić information content (AvgIpc) is 3.24. The molecule has 0 fully saturated rings. The fourth-order valence-corrected chi connectivity index (χ4v) is 3.93. The van der Waals surface area contributed by atoms with Crippen LogP contribution in [-0.4, -0.2) is 44.4 Å². The van der Waals surface area contributed by atoms with Crippen molar-refractivity contribution in [1.82, 2.24) is 5.32 Å². The molecule has 4 rings (SSSR count). The third-order valence-corrected chi connectivity index (χ3v) is 5.88. The number of likely N-dealkylation sites (N-methyl/N-ethyl adjacent to an activating group) is 1. The monoisotopic (exact) mass is 498 g/mol. The van der Waals surface area contributed by atoms with Crippen molar-refractivity contribution in [3.05, 3.63) is 89.5 Å². The molecule has 188 valence electrons. The summed E-state index contributed by atoms with van der Waals surface area (Å²) in [4.78, 5) is 49.9. The van der Waals surface area contributed by atoms with Gasteiger partial charge in [-0.1, -0.05) is 36.4 Å². The molecule has 0 aliphatic carbocycles. The van der Waals surface area contributed by atoms with Crippen LogP contribution in [0.1, 0.15) is 28.4 Å². The summed E-state index contributed by atoms with van der Waals surface area (Å²) in [6.07, 6.45) is 0. The summed E-state index contributed by atoms with van der Waals surface area (Å²) in [7, 11) is 2.94. The minimum absolute atomic E-state index is 0.0949. The fraction of sp³-hybridized carbons (Fsp3) is 0.143. The van der Waals surface area contributed by atoms with E-state index in [1.165, 1.54) is 18.9 Å². The van der Waals surface area contributed by atoms with Crippen molar-refractivity contribution in [1.29, 1.82) is 0 Å². The molecule has 3 amide bonds. The fourth-order valence-electron chi connectivity index (χ4n) is 3.93. The number of ether oxygens (including phenoxy) is 1. The van der Waals surface area contributed by atoms with Gasteiger partial charge in [-0.15, -0.1) is 0 Å². The molecule has 1 heterocycles. The van der Waals surface area contributed by atoms with E-state index >= 15 is 0 Å². The number of nitrogens with zero attached hydrogens (tertiary/aromatic N) is 1. The third-order valence-electron chi connectivity index (χ3n) is 5.88. The van der Waals surface area contributed by atoms with Crippen LogP contribution in [-0.2, 0) is 19.1 Å². The van der Waals surface area contributed by atoms with E-state index in [2.05, 4.69) is 16.0 Å². The van der Waals surface area contributed by atoms with Crippen molar-refractivity contribution in [2.45, 2.75) is 6.92 Å². The Morgan fingerprint density at radius 2 is 1.65 bits per heavy atom. The summed E-state index contributed by atoms with van der Waals surface area (Å²) >= 11 is 0. The van der Waals surface area contributed by atoms with Gasteiger partial charge in [-0.2, -0.15) is 0 Å². The lowest BCUT2D eigenvalue weighted by molar-refractivity contribution is -0.123. The van der Waals surface area contributed by atoms with Gasteiger partial charge < -0.3 is 25.6 Å². The van der Waals surface area contributed by atoms with E-state index < -0.39 is 5.97 Å². The second kappa shape index (κ2) is 10.8. The minimum Gasteiger partial charge on any atom is -0.465 e. The number of amides is 3. The van der Waals surface area contributed by atoms with E-state index in [0.717, 1.165) is 5.56 Å². The van der Waals surface area contributed by atoms with Gasteiger partial charge >= 0.3 is 5.97 Å². The first-order chi connectivity index (χ1) is 17.8. The smallest absolute Gasteiger partial charge is 0.337 e. The summed E-state index contributed by atoms with van der Waals surface area (Å²) in [5.41, 5.74) is 4.68. The van der Waals surface area contributed by atoms with Gasteiger partial charge in [-0.3, -0.25) is 14.4 Å². The third kappa shape index (κ3) is 5.51. The van der Waals surface area contributed by atoms with Crippen LogP contribution in [0, 0.1) is 0 Å². The molecule has 0 saturated carbocycles. The number of anilines is 3. The SMILES string of the molecule is COC(=O)c1ccc2c(c1)NC(=O)C2=C(Nc1ccc(N(C)C(=O)CNC(C)=O)cc1)c1ccccc1. The summed E-state index contributed by atoms with van der Waals surface area (Å²) < 4.78 is 4.79. The Hall–Kier alpha value is -4.92. The Kier molecular flexibility index (Phi) is 7.34. The zero-order chi connectivity index (χ0) is 26.5. The molecule has 0 radical (unpaired) electrons. The highest BCUT2D eigenvalue weighted by molar-refractivity contribution is 6.37. The van der Waals surface area contributed by atoms with Gasteiger partial charge in [0.1, 0.15) is 0 Å². The van der Waals surface area contributed by atoms with E-state index in [4.69, 9.17) is 4.74 Å². The highest BCUT2D eigenvalue weighted by Crippen LogP contribution is 2.38. The topological polar surface area (TPSA) is 117 Å². The first kappa shape index (κ1) is 25.2. The lowest BCUT2D eigenvalue weighted by Crippen LogP contribution is -2.37. The zero-order valence-electron chi connectivity index (χ0n) is 20.6. The van der Waals surface area contributed by atoms with Crippen LogP contribution >= 0.6 is 0 Å². The van der Waals surface area contributed by atoms with Crippen molar-refractivity contribution in [3.63, 3.8) is 0 Å². The van der Waals surface area contributed by atoms with Gasteiger partial charge in [0, 0.05) is 30.9 Å². The van der Waals surface area contributed by atoms with Crippen molar-refractivity contribution >= 4 is 52.0 Å². The Labute approximate surface area is 214 Å². The number of hydrogen-bond donors (Lipinski definition) is 3. The Morgan fingerprint density at radius 3 is 2.30 bits per heavy atom. The van der Waals surface area contributed by atoms with Crippen LogP contribution in [0.15, 0.2) is 72.8 Å². The van der Waals surface area contributed by atoms with E-state index in [0.29, 0.717) is 39.5 Å². The molecule has 0 spiro atoms. The molecule has 0 saturated heterocycles. The molecule has 9 nitrogen and oxygen atoms in total. The predicted octanol–water partition coefficient (Wildman–Crippen LogP) is 3.50. The van der Waals surface area contributed by atoms with Crippen LogP contribution in [0.2, 0.25) is 0 Å². The molecule has 3 aromatic carbocycles. The number of benzene rings is 3. The van der Waals surface area contributed by atoms with Crippen molar-refractivity contribution in [2.24, 2.45) is 0 Å². The summed E-state index contributed by atoms with van der Waals surface area (Å²) in [5, 5.41) is 8.70. The molecular formula is C28H26N4O5. The molecule has 3 aromatic rings. The Bertz CT molecular complexity index is 1400. The van der Waals surface area contributed by atoms with Crippen LogP contribution < -0.4 is 20.9 Å². The van der Waals surface area contributed by atoms with Crippen molar-refractivity contribution in [3.8, 4) is 0 Å². The molecule has 1 aliphatic rings. The standard InChI is InChI=1S/C28H26N4O5/c1-17(33)29-16-24(34)32(2)21-12-10-20(11-13-21)30-26(18-7-5-4-6-8-18)25-22-14-9-19(28(36)37-3)15-23(22)31-27(25)35/h4-15,30H,16H2,1-3H3,(H,29,33)(H,31,35). The summed E-state index contributed by atoms with van der Waals surface area (Å²) in [5.74, 6) is -1.32. The Morgan fingerprint density at radius 1 is 0.946 bits per heavy atom. The second-order valence-corrected chi connectivity index (χ2v) is 8.36. The normalized spacial score (nSPS) is 13.2.